The summed E-state index contributed by atoms with van der Waals surface area (Å²) >= 11 is 11.8. The lowest BCUT2D eigenvalue weighted by molar-refractivity contribution is -0.115. The summed E-state index contributed by atoms with van der Waals surface area (Å²) in [5.74, 6) is -0.118. The molecule has 0 aliphatic heterocycles. The predicted molar refractivity (Wildman–Crippen MR) is 94.6 cm³/mol. The third-order valence-corrected chi connectivity index (χ3v) is 3.56. The van der Waals surface area contributed by atoms with Crippen LogP contribution in [0, 0.1) is 0 Å². The average molecular weight is 351 g/mol. The fraction of sp³-hybridized carbons (Fsp3) is 0.176. The van der Waals surface area contributed by atoms with Gasteiger partial charge in [0.25, 0.3) is 0 Å². The topological polar surface area (TPSA) is 58.2 Å². The molecule has 0 aliphatic rings. The van der Waals surface area contributed by atoms with Gasteiger partial charge >= 0.3 is 0 Å². The maximum Gasteiger partial charge on any atom is 0.226 e. The molecule has 0 saturated heterocycles. The Hall–Kier alpha value is -2.04. The summed E-state index contributed by atoms with van der Waals surface area (Å²) in [6.07, 6.45) is 0.290. The number of anilines is 2. The minimum atomic E-state index is -0.142. The van der Waals surface area contributed by atoms with Crippen LogP contribution in [-0.2, 0) is 4.79 Å². The number of carbonyl (C=O) groups excluding carboxylic acids is 2. The van der Waals surface area contributed by atoms with Crippen LogP contribution in [0.3, 0.4) is 0 Å². The minimum Gasteiger partial charge on any atom is -0.385 e. The van der Waals surface area contributed by atoms with Crippen molar-refractivity contribution < 1.29 is 9.59 Å². The van der Waals surface area contributed by atoms with Gasteiger partial charge in [0.15, 0.2) is 5.78 Å². The summed E-state index contributed by atoms with van der Waals surface area (Å²) in [5.41, 5.74) is 2.08. The number of Topliss-reactive ketones (excluding diaryl/α,β-unsaturated/α-hetero) is 1. The molecule has 0 bridgehead atoms. The fourth-order valence-electron chi connectivity index (χ4n) is 1.99. The zero-order valence-electron chi connectivity index (χ0n) is 12.5. The van der Waals surface area contributed by atoms with E-state index in [2.05, 4.69) is 10.6 Å². The van der Waals surface area contributed by atoms with Crippen molar-refractivity contribution in [2.75, 3.05) is 17.2 Å². The molecule has 0 aliphatic carbocycles. The minimum absolute atomic E-state index is 0.0242. The highest BCUT2D eigenvalue weighted by atomic mass is 35.5. The average Bonchev–Trinajstić information content (AvgIpc) is 2.46. The van der Waals surface area contributed by atoms with Crippen LogP contribution in [0.25, 0.3) is 0 Å². The number of carbonyl (C=O) groups is 2. The molecular weight excluding hydrogens is 335 g/mol. The molecule has 6 heteroatoms. The van der Waals surface area contributed by atoms with Gasteiger partial charge < -0.3 is 10.6 Å². The predicted octanol–water partition coefficient (Wildman–Crippen LogP) is 4.64. The summed E-state index contributed by atoms with van der Waals surface area (Å²) in [6.45, 7) is 1.99. The number of nitrogens with one attached hydrogen (secondary N) is 2. The maximum absolute atomic E-state index is 11.9. The molecular formula is C17H16Cl2N2O2. The molecule has 1 amide bonds. The zero-order chi connectivity index (χ0) is 16.8. The smallest absolute Gasteiger partial charge is 0.226 e. The Labute approximate surface area is 144 Å². The number of hydrogen-bond donors (Lipinski definition) is 2. The van der Waals surface area contributed by atoms with E-state index in [1.807, 2.05) is 12.1 Å². The molecule has 0 spiro atoms. The van der Waals surface area contributed by atoms with Crippen molar-refractivity contribution in [3.63, 3.8) is 0 Å². The van der Waals surface area contributed by atoms with Crippen molar-refractivity contribution in [3.8, 4) is 0 Å². The molecule has 0 heterocycles. The fourth-order valence-corrected chi connectivity index (χ4v) is 2.52. The summed E-state index contributed by atoms with van der Waals surface area (Å²) in [6, 6.07) is 12.0. The first kappa shape index (κ1) is 17.3. The van der Waals surface area contributed by atoms with Gasteiger partial charge in [-0.25, -0.2) is 0 Å². The second-order valence-corrected chi connectivity index (χ2v) is 5.89. The third-order valence-electron chi connectivity index (χ3n) is 3.12. The quantitative estimate of drug-likeness (QED) is 0.746. The van der Waals surface area contributed by atoms with Gasteiger partial charge in [-0.2, -0.15) is 0 Å². The molecule has 0 aromatic heterocycles. The molecule has 0 atom stereocenters. The number of benzene rings is 2. The van der Waals surface area contributed by atoms with E-state index in [1.165, 1.54) is 6.92 Å². The third kappa shape index (κ3) is 5.58. The van der Waals surface area contributed by atoms with E-state index in [4.69, 9.17) is 23.2 Å². The van der Waals surface area contributed by atoms with E-state index in [0.717, 1.165) is 5.69 Å². The van der Waals surface area contributed by atoms with Gasteiger partial charge in [0.2, 0.25) is 5.91 Å². The lowest BCUT2D eigenvalue weighted by atomic mass is 10.1. The maximum atomic E-state index is 11.9. The molecule has 2 N–H and O–H groups in total. The van der Waals surface area contributed by atoms with Crippen molar-refractivity contribution in [2.45, 2.75) is 13.3 Å². The van der Waals surface area contributed by atoms with Crippen LogP contribution in [0.5, 0.6) is 0 Å². The lowest BCUT2D eigenvalue weighted by Gasteiger charge is -2.08. The molecule has 120 valence electrons. The molecule has 2 aromatic carbocycles. The van der Waals surface area contributed by atoms with Crippen molar-refractivity contribution in [1.82, 2.24) is 0 Å². The largest absolute Gasteiger partial charge is 0.385 e. The highest BCUT2D eigenvalue weighted by molar-refractivity contribution is 6.35. The normalized spacial score (nSPS) is 10.2. The van der Waals surface area contributed by atoms with Crippen LogP contribution in [0.1, 0.15) is 23.7 Å². The van der Waals surface area contributed by atoms with Crippen molar-refractivity contribution in [1.29, 1.82) is 0 Å². The molecule has 0 unspecified atom stereocenters. The monoisotopic (exact) mass is 350 g/mol. The summed E-state index contributed by atoms with van der Waals surface area (Å²) < 4.78 is 0. The van der Waals surface area contributed by atoms with E-state index in [-0.39, 0.29) is 11.7 Å². The van der Waals surface area contributed by atoms with Crippen LogP contribution >= 0.6 is 23.2 Å². The van der Waals surface area contributed by atoms with Crippen LogP contribution in [0.15, 0.2) is 42.5 Å². The van der Waals surface area contributed by atoms with Gasteiger partial charge in [-0.1, -0.05) is 23.2 Å². The van der Waals surface area contributed by atoms with Crippen LogP contribution in [0.4, 0.5) is 11.4 Å². The zero-order valence-corrected chi connectivity index (χ0v) is 14.0. The highest BCUT2D eigenvalue weighted by Crippen LogP contribution is 2.22. The Morgan fingerprint density at radius 1 is 0.957 bits per heavy atom. The van der Waals surface area contributed by atoms with Crippen molar-refractivity contribution >= 4 is 46.3 Å². The Balaban J connectivity index is 1.81. The standard InChI is InChI=1S/C17H16Cl2N2O2/c1-11(22)12-2-4-15(5-3-12)20-7-6-17(23)21-16-9-13(18)8-14(19)10-16/h2-5,8-10,20H,6-7H2,1H3,(H,21,23). The second-order valence-electron chi connectivity index (χ2n) is 5.02. The molecule has 23 heavy (non-hydrogen) atoms. The van der Waals surface area contributed by atoms with E-state index < -0.39 is 0 Å². The number of rotatable bonds is 6. The summed E-state index contributed by atoms with van der Waals surface area (Å²) in [5, 5.41) is 6.81. The number of halogens is 2. The number of amides is 1. The first-order chi connectivity index (χ1) is 10.9. The van der Waals surface area contributed by atoms with Gasteiger partial charge in [0, 0.05) is 39.9 Å². The van der Waals surface area contributed by atoms with E-state index in [9.17, 15) is 9.59 Å². The molecule has 0 radical (unpaired) electrons. The molecule has 2 aromatic rings. The van der Waals surface area contributed by atoms with Crippen molar-refractivity contribution in [2.24, 2.45) is 0 Å². The number of hydrogen-bond acceptors (Lipinski definition) is 3. The summed E-state index contributed by atoms with van der Waals surface area (Å²) in [7, 11) is 0. The van der Waals surface area contributed by atoms with E-state index in [1.54, 1.807) is 30.3 Å². The molecule has 2 rings (SSSR count). The van der Waals surface area contributed by atoms with E-state index in [0.29, 0.717) is 34.3 Å². The van der Waals surface area contributed by atoms with Gasteiger partial charge in [0.05, 0.1) is 0 Å². The molecule has 0 fully saturated rings. The summed E-state index contributed by atoms with van der Waals surface area (Å²) in [4.78, 5) is 23.1. The Morgan fingerprint density at radius 3 is 2.13 bits per heavy atom. The van der Waals surface area contributed by atoms with E-state index >= 15 is 0 Å². The van der Waals surface area contributed by atoms with Crippen molar-refractivity contribution in [3.05, 3.63) is 58.1 Å². The molecule has 0 saturated carbocycles. The van der Waals surface area contributed by atoms with Gasteiger partial charge in [-0.15, -0.1) is 0 Å². The lowest BCUT2D eigenvalue weighted by Crippen LogP contribution is -2.16. The van der Waals surface area contributed by atoms with Gasteiger partial charge in [-0.3, -0.25) is 9.59 Å². The first-order valence-corrected chi connectivity index (χ1v) is 7.80. The second kappa shape index (κ2) is 7.99. The first-order valence-electron chi connectivity index (χ1n) is 7.05. The van der Waals surface area contributed by atoms with Gasteiger partial charge in [-0.05, 0) is 49.4 Å². The highest BCUT2D eigenvalue weighted by Gasteiger charge is 2.05. The van der Waals surface area contributed by atoms with Gasteiger partial charge in [0.1, 0.15) is 0 Å². The van der Waals surface area contributed by atoms with Crippen LogP contribution in [-0.4, -0.2) is 18.2 Å². The Kier molecular flexibility index (Phi) is 6.02. The van der Waals surface area contributed by atoms with Crippen LogP contribution < -0.4 is 10.6 Å². The molecule has 4 nitrogen and oxygen atoms in total. The van der Waals surface area contributed by atoms with Crippen LogP contribution in [0.2, 0.25) is 10.0 Å². The SMILES string of the molecule is CC(=O)c1ccc(NCCC(=O)Nc2cc(Cl)cc(Cl)c2)cc1. The number of ketones is 1. The Bertz CT molecular complexity index is 695. The Morgan fingerprint density at radius 2 is 1.57 bits per heavy atom.